The summed E-state index contributed by atoms with van der Waals surface area (Å²) in [6, 6.07) is -0.123. The molecule has 96 valence electrons. The molecule has 18 heavy (non-hydrogen) atoms. The maximum Gasteiger partial charge on any atom is 0.342 e. The van der Waals surface area contributed by atoms with Gasteiger partial charge in [0, 0.05) is 0 Å². The van der Waals surface area contributed by atoms with Crippen molar-refractivity contribution in [3.8, 4) is 5.95 Å². The summed E-state index contributed by atoms with van der Waals surface area (Å²) in [5, 5.41) is 16.5. The third-order valence-electron chi connectivity index (χ3n) is 1.96. The number of hydrogen-bond donors (Lipinski definition) is 1. The van der Waals surface area contributed by atoms with Crippen molar-refractivity contribution in [1.82, 2.24) is 9.72 Å². The van der Waals surface area contributed by atoms with Gasteiger partial charge in [-0.15, -0.1) is 5.11 Å². The Morgan fingerprint density at radius 1 is 1.56 bits per heavy atom. The van der Waals surface area contributed by atoms with Crippen molar-refractivity contribution in [1.29, 1.82) is 0 Å². The standard InChI is InChI=1S/C9H9ClN4O4/c1-2-3-14-7(15)6(8(16)18-14)12-13-9-11-4-5(10)17-9/h4,16H,2-3H2,1H3. The lowest BCUT2D eigenvalue weighted by Gasteiger charge is -1.91. The Balaban J connectivity index is 2.29. The third-order valence-corrected chi connectivity index (χ3v) is 2.13. The molecule has 2 heterocycles. The molecule has 0 aliphatic heterocycles. The van der Waals surface area contributed by atoms with Gasteiger partial charge in [0.2, 0.25) is 10.9 Å². The summed E-state index contributed by atoms with van der Waals surface area (Å²) in [5.41, 5.74) is -0.881. The summed E-state index contributed by atoms with van der Waals surface area (Å²) in [7, 11) is 0. The van der Waals surface area contributed by atoms with Gasteiger partial charge in [0.05, 0.1) is 12.7 Å². The van der Waals surface area contributed by atoms with Gasteiger partial charge in [-0.05, 0) is 18.0 Å². The number of aromatic nitrogens is 2. The SMILES string of the molecule is CCCn1oc(O)c(N=Nc2ncc(Cl)o2)c1=O. The van der Waals surface area contributed by atoms with Crippen LogP contribution in [0.5, 0.6) is 5.95 Å². The first-order valence-corrected chi connectivity index (χ1v) is 5.45. The molecule has 0 spiro atoms. The lowest BCUT2D eigenvalue weighted by Crippen LogP contribution is -2.13. The summed E-state index contributed by atoms with van der Waals surface area (Å²) < 4.78 is 10.6. The fraction of sp³-hybridized carbons (Fsp3) is 0.333. The largest absolute Gasteiger partial charge is 0.478 e. The quantitative estimate of drug-likeness (QED) is 0.861. The highest BCUT2D eigenvalue weighted by atomic mass is 35.5. The van der Waals surface area contributed by atoms with Gasteiger partial charge in [-0.1, -0.05) is 12.0 Å². The second-order valence-corrected chi connectivity index (χ2v) is 3.67. The van der Waals surface area contributed by atoms with Crippen LogP contribution >= 0.6 is 11.6 Å². The second-order valence-electron chi connectivity index (χ2n) is 3.30. The first-order chi connectivity index (χ1) is 8.61. The molecule has 0 unspecified atom stereocenters. The zero-order chi connectivity index (χ0) is 13.1. The Kier molecular flexibility index (Phi) is 3.47. The Morgan fingerprint density at radius 3 is 2.94 bits per heavy atom. The fourth-order valence-corrected chi connectivity index (χ4v) is 1.34. The van der Waals surface area contributed by atoms with Crippen LogP contribution in [0.4, 0.5) is 11.7 Å². The maximum atomic E-state index is 11.7. The fourth-order valence-electron chi connectivity index (χ4n) is 1.22. The second kappa shape index (κ2) is 5.05. The average molecular weight is 273 g/mol. The minimum Gasteiger partial charge on any atom is -0.478 e. The van der Waals surface area contributed by atoms with Crippen LogP contribution in [0.15, 0.2) is 30.2 Å². The first-order valence-electron chi connectivity index (χ1n) is 5.08. The highest BCUT2D eigenvalue weighted by molar-refractivity contribution is 6.28. The Hall–Kier alpha value is -2.09. The summed E-state index contributed by atoms with van der Waals surface area (Å²) >= 11 is 5.49. The van der Waals surface area contributed by atoms with E-state index in [0.717, 1.165) is 4.74 Å². The van der Waals surface area contributed by atoms with Crippen molar-refractivity contribution < 1.29 is 14.0 Å². The number of oxazole rings is 1. The van der Waals surface area contributed by atoms with E-state index >= 15 is 0 Å². The monoisotopic (exact) mass is 272 g/mol. The molecular formula is C9H9ClN4O4. The molecule has 2 rings (SSSR count). The number of aromatic hydroxyl groups is 1. The zero-order valence-electron chi connectivity index (χ0n) is 9.33. The van der Waals surface area contributed by atoms with Gasteiger partial charge in [0.15, 0.2) is 0 Å². The number of hydrogen-bond acceptors (Lipinski definition) is 7. The van der Waals surface area contributed by atoms with Gasteiger partial charge in [0.25, 0.3) is 0 Å². The number of azo groups is 1. The lowest BCUT2D eigenvalue weighted by molar-refractivity contribution is 0.195. The Labute approximate surface area is 105 Å². The topological polar surface area (TPSA) is 106 Å². The predicted octanol–water partition coefficient (Wildman–Crippen LogP) is 2.61. The van der Waals surface area contributed by atoms with E-state index in [-0.39, 0.29) is 16.9 Å². The summed E-state index contributed by atoms with van der Waals surface area (Å²) in [5.74, 6) is -0.602. The third kappa shape index (κ3) is 2.43. The van der Waals surface area contributed by atoms with Crippen LogP contribution in [0.25, 0.3) is 0 Å². The van der Waals surface area contributed by atoms with E-state index in [1.165, 1.54) is 6.20 Å². The number of halogens is 1. The van der Waals surface area contributed by atoms with Gasteiger partial charge in [0.1, 0.15) is 0 Å². The molecule has 0 amide bonds. The minimum absolute atomic E-state index is 0.0451. The van der Waals surface area contributed by atoms with Crippen LogP contribution in [0.2, 0.25) is 5.22 Å². The van der Waals surface area contributed by atoms with Gasteiger partial charge < -0.3 is 14.0 Å². The summed E-state index contributed by atoms with van der Waals surface area (Å²) in [4.78, 5) is 15.3. The maximum absolute atomic E-state index is 11.7. The molecule has 0 bridgehead atoms. The normalized spacial score (nSPS) is 11.4. The van der Waals surface area contributed by atoms with Crippen molar-refractivity contribution in [2.75, 3.05) is 0 Å². The molecule has 0 saturated heterocycles. The summed E-state index contributed by atoms with van der Waals surface area (Å²) in [6.07, 6.45) is 1.92. The molecule has 1 N–H and O–H groups in total. The smallest absolute Gasteiger partial charge is 0.342 e. The molecule has 0 aromatic carbocycles. The van der Waals surface area contributed by atoms with Crippen LogP contribution < -0.4 is 5.56 Å². The van der Waals surface area contributed by atoms with Crippen molar-refractivity contribution in [2.24, 2.45) is 10.2 Å². The van der Waals surface area contributed by atoms with Crippen LogP contribution in [0.3, 0.4) is 0 Å². The molecule has 0 fully saturated rings. The molecule has 0 aliphatic rings. The zero-order valence-corrected chi connectivity index (χ0v) is 10.1. The number of rotatable bonds is 4. The van der Waals surface area contributed by atoms with Gasteiger partial charge in [-0.2, -0.15) is 9.72 Å². The highest BCUT2D eigenvalue weighted by Crippen LogP contribution is 2.25. The molecule has 0 atom stereocenters. The Morgan fingerprint density at radius 2 is 2.33 bits per heavy atom. The van der Waals surface area contributed by atoms with E-state index < -0.39 is 11.5 Å². The van der Waals surface area contributed by atoms with Gasteiger partial charge >= 0.3 is 17.5 Å². The molecular weight excluding hydrogens is 264 g/mol. The molecule has 2 aromatic heterocycles. The molecule has 8 nitrogen and oxygen atoms in total. The lowest BCUT2D eigenvalue weighted by atomic mass is 10.5. The first kappa shape index (κ1) is 12.4. The average Bonchev–Trinajstić information content (AvgIpc) is 2.84. The Bertz CT molecular complexity index is 627. The molecule has 0 aliphatic carbocycles. The van der Waals surface area contributed by atoms with E-state index in [4.69, 9.17) is 20.5 Å². The molecule has 0 radical (unpaired) electrons. The van der Waals surface area contributed by atoms with Crippen LogP contribution in [0, 0.1) is 0 Å². The van der Waals surface area contributed by atoms with E-state index in [2.05, 4.69) is 15.2 Å². The van der Waals surface area contributed by atoms with Crippen molar-refractivity contribution in [2.45, 2.75) is 19.9 Å². The van der Waals surface area contributed by atoms with E-state index in [1.807, 2.05) is 6.92 Å². The van der Waals surface area contributed by atoms with Crippen molar-refractivity contribution in [3.05, 3.63) is 21.8 Å². The van der Waals surface area contributed by atoms with Crippen molar-refractivity contribution >= 4 is 23.3 Å². The minimum atomic E-state index is -0.602. The van der Waals surface area contributed by atoms with E-state index in [9.17, 15) is 9.90 Å². The van der Waals surface area contributed by atoms with Crippen LogP contribution in [0.1, 0.15) is 13.3 Å². The number of nitrogens with zero attached hydrogens (tertiary/aromatic N) is 4. The highest BCUT2D eigenvalue weighted by Gasteiger charge is 2.16. The van der Waals surface area contributed by atoms with Crippen molar-refractivity contribution in [3.63, 3.8) is 0 Å². The van der Waals surface area contributed by atoms with Crippen LogP contribution in [-0.2, 0) is 6.54 Å². The van der Waals surface area contributed by atoms with E-state index in [0.29, 0.717) is 13.0 Å². The van der Waals surface area contributed by atoms with Crippen LogP contribution in [-0.4, -0.2) is 14.8 Å². The number of aryl methyl sites for hydroxylation is 1. The van der Waals surface area contributed by atoms with E-state index in [1.54, 1.807) is 0 Å². The molecule has 2 aromatic rings. The summed E-state index contributed by atoms with van der Waals surface area (Å²) in [6.45, 7) is 2.20. The predicted molar refractivity (Wildman–Crippen MR) is 60.6 cm³/mol. The molecule has 9 heteroatoms. The molecule has 0 saturated carbocycles. The van der Waals surface area contributed by atoms with Gasteiger partial charge in [-0.3, -0.25) is 4.79 Å². The van der Waals surface area contributed by atoms with Gasteiger partial charge in [-0.25, -0.2) is 0 Å².